The van der Waals surface area contributed by atoms with E-state index >= 15 is 0 Å². The standard InChI is InChI=1S/C21H23BrN2O2/c1-3-14(2)15-4-8-18(9-5-15)23-21(26)16-12-20(25)24(13-16)19-10-6-17(22)7-11-19/h4-11,14,16H,3,12-13H2,1-2H3,(H,23,26). The summed E-state index contributed by atoms with van der Waals surface area (Å²) in [6, 6.07) is 15.5. The van der Waals surface area contributed by atoms with Gasteiger partial charge in [0.15, 0.2) is 0 Å². The first-order chi connectivity index (χ1) is 12.5. The highest BCUT2D eigenvalue weighted by Crippen LogP contribution is 2.27. The second-order valence-electron chi connectivity index (χ2n) is 6.80. The van der Waals surface area contributed by atoms with Gasteiger partial charge in [0, 0.05) is 28.8 Å². The molecule has 0 aliphatic carbocycles. The van der Waals surface area contributed by atoms with Gasteiger partial charge in [-0.3, -0.25) is 9.59 Å². The van der Waals surface area contributed by atoms with E-state index in [1.807, 2.05) is 36.4 Å². The smallest absolute Gasteiger partial charge is 0.229 e. The number of nitrogens with zero attached hydrogens (tertiary/aromatic N) is 1. The number of benzene rings is 2. The Bertz CT molecular complexity index is 787. The summed E-state index contributed by atoms with van der Waals surface area (Å²) in [7, 11) is 0. The molecule has 1 aliphatic rings. The molecule has 2 amide bonds. The second kappa shape index (κ2) is 8.04. The average Bonchev–Trinajstić information content (AvgIpc) is 3.04. The van der Waals surface area contributed by atoms with Crippen LogP contribution in [0.4, 0.5) is 11.4 Å². The lowest BCUT2D eigenvalue weighted by molar-refractivity contribution is -0.122. The van der Waals surface area contributed by atoms with Gasteiger partial charge in [0.05, 0.1) is 5.92 Å². The van der Waals surface area contributed by atoms with E-state index in [-0.39, 0.29) is 24.2 Å². The number of nitrogens with one attached hydrogen (secondary N) is 1. The molecule has 3 rings (SSSR count). The number of halogens is 1. The largest absolute Gasteiger partial charge is 0.326 e. The monoisotopic (exact) mass is 414 g/mol. The number of rotatable bonds is 5. The van der Waals surface area contributed by atoms with Gasteiger partial charge >= 0.3 is 0 Å². The Morgan fingerprint density at radius 3 is 2.46 bits per heavy atom. The van der Waals surface area contributed by atoms with E-state index in [4.69, 9.17) is 0 Å². The quantitative estimate of drug-likeness (QED) is 0.751. The number of amides is 2. The van der Waals surface area contributed by atoms with Crippen molar-refractivity contribution in [3.8, 4) is 0 Å². The highest BCUT2D eigenvalue weighted by atomic mass is 79.9. The molecular formula is C21H23BrN2O2. The Balaban J connectivity index is 1.63. The van der Waals surface area contributed by atoms with Crippen molar-refractivity contribution in [1.29, 1.82) is 0 Å². The molecule has 26 heavy (non-hydrogen) atoms. The molecule has 0 spiro atoms. The molecule has 2 atom stereocenters. The van der Waals surface area contributed by atoms with Gasteiger partial charge in [0.2, 0.25) is 11.8 Å². The summed E-state index contributed by atoms with van der Waals surface area (Å²) in [5, 5.41) is 2.94. The van der Waals surface area contributed by atoms with Crippen molar-refractivity contribution in [3.05, 3.63) is 58.6 Å². The van der Waals surface area contributed by atoms with Crippen LogP contribution in [0.2, 0.25) is 0 Å². The number of anilines is 2. The maximum atomic E-state index is 12.6. The lowest BCUT2D eigenvalue weighted by atomic mass is 9.98. The summed E-state index contributed by atoms with van der Waals surface area (Å²) in [5.41, 5.74) is 2.87. The van der Waals surface area contributed by atoms with Crippen molar-refractivity contribution in [2.45, 2.75) is 32.6 Å². The Morgan fingerprint density at radius 1 is 1.19 bits per heavy atom. The minimum absolute atomic E-state index is 0.0143. The van der Waals surface area contributed by atoms with Crippen LogP contribution in [-0.2, 0) is 9.59 Å². The van der Waals surface area contributed by atoms with Crippen molar-refractivity contribution in [2.75, 3.05) is 16.8 Å². The fourth-order valence-corrected chi connectivity index (χ4v) is 3.39. The summed E-state index contributed by atoms with van der Waals surface area (Å²) < 4.78 is 0.961. The Kier molecular flexibility index (Phi) is 5.77. The topological polar surface area (TPSA) is 49.4 Å². The van der Waals surface area contributed by atoms with Crippen molar-refractivity contribution < 1.29 is 9.59 Å². The Morgan fingerprint density at radius 2 is 1.85 bits per heavy atom. The van der Waals surface area contributed by atoms with Gasteiger partial charge in [-0.2, -0.15) is 0 Å². The third-order valence-corrected chi connectivity index (χ3v) is 5.52. The van der Waals surface area contributed by atoms with Gasteiger partial charge in [0.1, 0.15) is 0 Å². The van der Waals surface area contributed by atoms with Crippen LogP contribution in [0, 0.1) is 5.92 Å². The van der Waals surface area contributed by atoms with E-state index in [9.17, 15) is 9.59 Å². The molecule has 0 bridgehead atoms. The molecule has 5 heteroatoms. The number of carbonyl (C=O) groups is 2. The minimum atomic E-state index is -0.333. The Hall–Kier alpha value is -2.14. The van der Waals surface area contributed by atoms with E-state index in [2.05, 4.69) is 47.2 Å². The summed E-state index contributed by atoms with van der Waals surface area (Å²) in [6.45, 7) is 4.76. The molecule has 2 aromatic carbocycles. The third-order valence-electron chi connectivity index (χ3n) is 4.99. The van der Waals surface area contributed by atoms with Crippen LogP contribution in [0.15, 0.2) is 53.0 Å². The van der Waals surface area contributed by atoms with Crippen LogP contribution in [0.3, 0.4) is 0 Å². The zero-order valence-electron chi connectivity index (χ0n) is 15.0. The van der Waals surface area contributed by atoms with Gasteiger partial charge in [-0.15, -0.1) is 0 Å². The number of hydrogen-bond donors (Lipinski definition) is 1. The predicted octanol–water partition coefficient (Wildman–Crippen LogP) is 4.95. The molecule has 136 valence electrons. The van der Waals surface area contributed by atoms with Crippen molar-refractivity contribution in [1.82, 2.24) is 0 Å². The van der Waals surface area contributed by atoms with Gasteiger partial charge in [-0.05, 0) is 54.3 Å². The van der Waals surface area contributed by atoms with Crippen LogP contribution >= 0.6 is 15.9 Å². The minimum Gasteiger partial charge on any atom is -0.326 e. The lowest BCUT2D eigenvalue weighted by Crippen LogP contribution is -2.28. The molecular weight excluding hydrogens is 392 g/mol. The van der Waals surface area contributed by atoms with E-state index < -0.39 is 0 Å². The van der Waals surface area contributed by atoms with Gasteiger partial charge in [-0.1, -0.05) is 41.9 Å². The fraction of sp³-hybridized carbons (Fsp3) is 0.333. The zero-order valence-corrected chi connectivity index (χ0v) is 16.6. The van der Waals surface area contributed by atoms with Crippen LogP contribution in [0.5, 0.6) is 0 Å². The SMILES string of the molecule is CCC(C)c1ccc(NC(=O)C2CC(=O)N(c3ccc(Br)cc3)C2)cc1. The maximum absolute atomic E-state index is 12.6. The maximum Gasteiger partial charge on any atom is 0.229 e. The molecule has 0 aromatic heterocycles. The molecule has 1 heterocycles. The number of carbonyl (C=O) groups excluding carboxylic acids is 2. The van der Waals surface area contributed by atoms with E-state index in [1.54, 1.807) is 4.90 Å². The second-order valence-corrected chi connectivity index (χ2v) is 7.72. The van der Waals surface area contributed by atoms with E-state index in [1.165, 1.54) is 5.56 Å². The van der Waals surface area contributed by atoms with Gasteiger partial charge in [0.25, 0.3) is 0 Å². The van der Waals surface area contributed by atoms with Crippen LogP contribution in [0.25, 0.3) is 0 Å². The number of hydrogen-bond acceptors (Lipinski definition) is 2. The average molecular weight is 415 g/mol. The van der Waals surface area contributed by atoms with Crippen molar-refractivity contribution in [3.63, 3.8) is 0 Å². The summed E-state index contributed by atoms with van der Waals surface area (Å²) in [5.74, 6) is 0.0564. The molecule has 2 aromatic rings. The lowest BCUT2D eigenvalue weighted by Gasteiger charge is -2.17. The zero-order chi connectivity index (χ0) is 18.7. The normalized spacial score (nSPS) is 18.0. The first-order valence-corrected chi connectivity index (χ1v) is 9.74. The fourth-order valence-electron chi connectivity index (χ4n) is 3.13. The van der Waals surface area contributed by atoms with Gasteiger partial charge < -0.3 is 10.2 Å². The summed E-state index contributed by atoms with van der Waals surface area (Å²) >= 11 is 3.39. The molecule has 0 radical (unpaired) electrons. The van der Waals surface area contributed by atoms with Gasteiger partial charge in [-0.25, -0.2) is 0 Å². The van der Waals surface area contributed by atoms with Crippen LogP contribution in [0.1, 0.15) is 38.2 Å². The first-order valence-electron chi connectivity index (χ1n) is 8.94. The highest BCUT2D eigenvalue weighted by molar-refractivity contribution is 9.10. The molecule has 1 N–H and O–H groups in total. The third kappa shape index (κ3) is 4.15. The van der Waals surface area contributed by atoms with Crippen LogP contribution < -0.4 is 10.2 Å². The van der Waals surface area contributed by atoms with Crippen LogP contribution in [-0.4, -0.2) is 18.4 Å². The van der Waals surface area contributed by atoms with Crippen molar-refractivity contribution in [2.24, 2.45) is 5.92 Å². The van der Waals surface area contributed by atoms with Crippen molar-refractivity contribution >= 4 is 39.1 Å². The van der Waals surface area contributed by atoms with E-state index in [0.717, 1.165) is 22.3 Å². The Labute approximate surface area is 162 Å². The highest BCUT2D eigenvalue weighted by Gasteiger charge is 2.35. The molecule has 1 saturated heterocycles. The molecule has 4 nitrogen and oxygen atoms in total. The molecule has 0 saturated carbocycles. The van der Waals surface area contributed by atoms with E-state index in [0.29, 0.717) is 12.5 Å². The first kappa shape index (κ1) is 18.6. The molecule has 1 fully saturated rings. The molecule has 1 aliphatic heterocycles. The summed E-state index contributed by atoms with van der Waals surface area (Å²) in [4.78, 5) is 26.6. The molecule has 2 unspecified atom stereocenters. The summed E-state index contributed by atoms with van der Waals surface area (Å²) in [6.07, 6.45) is 1.33. The predicted molar refractivity (Wildman–Crippen MR) is 108 cm³/mol.